The summed E-state index contributed by atoms with van der Waals surface area (Å²) in [7, 11) is 0. The SMILES string of the molecule is CC[C@H](CO)NC(=O)N1CCCCCC1. The molecule has 1 fully saturated rings. The highest BCUT2D eigenvalue weighted by Crippen LogP contribution is 2.09. The highest BCUT2D eigenvalue weighted by atomic mass is 16.3. The number of amides is 2. The van der Waals surface area contributed by atoms with Gasteiger partial charge in [0.2, 0.25) is 0 Å². The Kier molecular flexibility index (Phi) is 5.47. The van der Waals surface area contributed by atoms with Crippen LogP contribution < -0.4 is 5.32 Å². The van der Waals surface area contributed by atoms with Crippen molar-refractivity contribution in [1.29, 1.82) is 0 Å². The van der Waals surface area contributed by atoms with E-state index in [1.807, 2.05) is 11.8 Å². The topological polar surface area (TPSA) is 52.6 Å². The van der Waals surface area contributed by atoms with Crippen molar-refractivity contribution in [2.75, 3.05) is 19.7 Å². The Morgan fingerprint density at radius 2 is 1.93 bits per heavy atom. The predicted molar refractivity (Wildman–Crippen MR) is 59.7 cm³/mol. The maximum atomic E-state index is 11.8. The van der Waals surface area contributed by atoms with Crippen molar-refractivity contribution in [2.24, 2.45) is 0 Å². The smallest absolute Gasteiger partial charge is 0.317 e. The molecule has 1 saturated heterocycles. The van der Waals surface area contributed by atoms with Gasteiger partial charge in [0.25, 0.3) is 0 Å². The molecule has 0 unspecified atom stereocenters. The quantitative estimate of drug-likeness (QED) is 0.745. The van der Waals surface area contributed by atoms with Crippen molar-refractivity contribution in [3.8, 4) is 0 Å². The van der Waals surface area contributed by atoms with Crippen molar-refractivity contribution in [3.05, 3.63) is 0 Å². The summed E-state index contributed by atoms with van der Waals surface area (Å²) in [5.74, 6) is 0. The van der Waals surface area contributed by atoms with E-state index in [0.29, 0.717) is 0 Å². The van der Waals surface area contributed by atoms with Crippen LogP contribution in [0.3, 0.4) is 0 Å². The lowest BCUT2D eigenvalue weighted by molar-refractivity contribution is 0.182. The Balaban J connectivity index is 2.36. The molecule has 1 atom stereocenters. The number of aliphatic hydroxyl groups excluding tert-OH is 1. The Labute approximate surface area is 91.6 Å². The minimum atomic E-state index is -0.0965. The van der Waals surface area contributed by atoms with Crippen LogP contribution in [0.15, 0.2) is 0 Å². The van der Waals surface area contributed by atoms with E-state index in [4.69, 9.17) is 5.11 Å². The van der Waals surface area contributed by atoms with Gasteiger partial charge in [0.15, 0.2) is 0 Å². The van der Waals surface area contributed by atoms with Gasteiger partial charge in [-0.2, -0.15) is 0 Å². The first kappa shape index (κ1) is 12.3. The summed E-state index contributed by atoms with van der Waals surface area (Å²) in [5.41, 5.74) is 0. The van der Waals surface area contributed by atoms with Gasteiger partial charge in [0, 0.05) is 13.1 Å². The fourth-order valence-corrected chi connectivity index (χ4v) is 1.82. The lowest BCUT2D eigenvalue weighted by Crippen LogP contribution is -2.46. The van der Waals surface area contributed by atoms with Crippen LogP contribution in [0.5, 0.6) is 0 Å². The molecule has 0 aromatic carbocycles. The second kappa shape index (κ2) is 6.67. The number of aliphatic hydroxyl groups is 1. The molecule has 2 amide bonds. The van der Waals surface area contributed by atoms with E-state index in [9.17, 15) is 4.79 Å². The molecular formula is C11H22N2O2. The first-order valence-electron chi connectivity index (χ1n) is 5.94. The third kappa shape index (κ3) is 4.08. The summed E-state index contributed by atoms with van der Waals surface area (Å²) in [6.45, 7) is 3.70. The highest BCUT2D eigenvalue weighted by Gasteiger charge is 2.17. The van der Waals surface area contributed by atoms with E-state index in [-0.39, 0.29) is 18.7 Å². The Hall–Kier alpha value is -0.770. The van der Waals surface area contributed by atoms with Crippen LogP contribution in [0.1, 0.15) is 39.0 Å². The molecule has 0 radical (unpaired) electrons. The summed E-state index contributed by atoms with van der Waals surface area (Å²) >= 11 is 0. The molecule has 0 spiro atoms. The van der Waals surface area contributed by atoms with Crippen LogP contribution in [0.2, 0.25) is 0 Å². The molecule has 1 aliphatic rings. The molecule has 0 aromatic rings. The lowest BCUT2D eigenvalue weighted by atomic mass is 10.2. The normalized spacial score (nSPS) is 19.5. The van der Waals surface area contributed by atoms with Crippen LogP contribution >= 0.6 is 0 Å². The molecule has 0 aliphatic carbocycles. The van der Waals surface area contributed by atoms with Crippen molar-refractivity contribution in [3.63, 3.8) is 0 Å². The molecule has 1 heterocycles. The largest absolute Gasteiger partial charge is 0.394 e. The van der Waals surface area contributed by atoms with Crippen LogP contribution in [0, 0.1) is 0 Å². The number of carbonyl (C=O) groups is 1. The molecule has 0 aromatic heterocycles. The van der Waals surface area contributed by atoms with Gasteiger partial charge < -0.3 is 15.3 Å². The fraction of sp³-hybridized carbons (Fsp3) is 0.909. The van der Waals surface area contributed by atoms with Gasteiger partial charge in [-0.05, 0) is 19.3 Å². The zero-order valence-corrected chi connectivity index (χ0v) is 9.54. The van der Waals surface area contributed by atoms with Crippen LogP contribution in [-0.2, 0) is 0 Å². The average molecular weight is 214 g/mol. The number of urea groups is 1. The van der Waals surface area contributed by atoms with Crippen molar-refractivity contribution < 1.29 is 9.90 Å². The molecule has 1 rings (SSSR count). The first-order chi connectivity index (χ1) is 7.27. The van der Waals surface area contributed by atoms with Crippen LogP contribution in [0.4, 0.5) is 4.79 Å². The van der Waals surface area contributed by atoms with Gasteiger partial charge in [0.1, 0.15) is 0 Å². The Morgan fingerprint density at radius 1 is 1.33 bits per heavy atom. The third-order valence-electron chi connectivity index (χ3n) is 2.93. The molecule has 0 bridgehead atoms. The minimum Gasteiger partial charge on any atom is -0.394 e. The number of hydrogen-bond acceptors (Lipinski definition) is 2. The van der Waals surface area contributed by atoms with Crippen molar-refractivity contribution in [1.82, 2.24) is 10.2 Å². The second-order valence-corrected chi connectivity index (χ2v) is 4.14. The van der Waals surface area contributed by atoms with Gasteiger partial charge in [-0.1, -0.05) is 19.8 Å². The molecular weight excluding hydrogens is 192 g/mol. The van der Waals surface area contributed by atoms with Gasteiger partial charge in [0.05, 0.1) is 12.6 Å². The summed E-state index contributed by atoms with van der Waals surface area (Å²) in [6, 6.07) is -0.112. The number of nitrogens with one attached hydrogen (secondary N) is 1. The summed E-state index contributed by atoms with van der Waals surface area (Å²) in [5, 5.41) is 11.8. The zero-order valence-electron chi connectivity index (χ0n) is 9.54. The van der Waals surface area contributed by atoms with Crippen LogP contribution in [-0.4, -0.2) is 41.8 Å². The number of hydrogen-bond donors (Lipinski definition) is 2. The van der Waals surface area contributed by atoms with E-state index in [2.05, 4.69) is 5.32 Å². The Bertz CT molecular complexity index is 185. The van der Waals surface area contributed by atoms with E-state index in [1.165, 1.54) is 12.8 Å². The number of likely N-dealkylation sites (tertiary alicyclic amines) is 1. The summed E-state index contributed by atoms with van der Waals surface area (Å²) in [4.78, 5) is 13.6. The molecule has 4 nitrogen and oxygen atoms in total. The monoisotopic (exact) mass is 214 g/mol. The molecule has 15 heavy (non-hydrogen) atoms. The van der Waals surface area contributed by atoms with E-state index < -0.39 is 0 Å². The standard InChI is InChI=1S/C11H22N2O2/c1-2-10(9-14)12-11(15)13-7-5-3-4-6-8-13/h10,14H,2-9H2,1H3,(H,12,15)/t10-/m1/s1. The van der Waals surface area contributed by atoms with Crippen molar-refractivity contribution in [2.45, 2.75) is 45.1 Å². The predicted octanol–water partition coefficient (Wildman–Crippen LogP) is 1.34. The van der Waals surface area contributed by atoms with Gasteiger partial charge in [-0.15, -0.1) is 0 Å². The van der Waals surface area contributed by atoms with Crippen molar-refractivity contribution >= 4 is 6.03 Å². The first-order valence-corrected chi connectivity index (χ1v) is 5.94. The maximum Gasteiger partial charge on any atom is 0.317 e. The highest BCUT2D eigenvalue weighted by molar-refractivity contribution is 5.74. The van der Waals surface area contributed by atoms with E-state index in [1.54, 1.807) is 0 Å². The van der Waals surface area contributed by atoms with Gasteiger partial charge >= 0.3 is 6.03 Å². The maximum absolute atomic E-state index is 11.8. The molecule has 4 heteroatoms. The number of carbonyl (C=O) groups excluding carboxylic acids is 1. The summed E-state index contributed by atoms with van der Waals surface area (Å²) < 4.78 is 0. The van der Waals surface area contributed by atoms with E-state index >= 15 is 0 Å². The minimum absolute atomic E-state index is 0.0159. The number of rotatable bonds is 3. The zero-order chi connectivity index (χ0) is 11.1. The number of nitrogens with zero attached hydrogens (tertiary/aromatic N) is 1. The average Bonchev–Trinajstić information content (AvgIpc) is 2.54. The molecule has 88 valence electrons. The summed E-state index contributed by atoms with van der Waals surface area (Å²) in [6.07, 6.45) is 5.42. The third-order valence-corrected chi connectivity index (χ3v) is 2.93. The fourth-order valence-electron chi connectivity index (χ4n) is 1.82. The molecule has 2 N–H and O–H groups in total. The van der Waals surface area contributed by atoms with Gasteiger partial charge in [-0.25, -0.2) is 4.79 Å². The van der Waals surface area contributed by atoms with Crippen LogP contribution in [0.25, 0.3) is 0 Å². The van der Waals surface area contributed by atoms with Gasteiger partial charge in [-0.3, -0.25) is 0 Å². The Morgan fingerprint density at radius 3 is 2.40 bits per heavy atom. The molecule has 1 aliphatic heterocycles. The lowest BCUT2D eigenvalue weighted by Gasteiger charge is -2.23. The van der Waals surface area contributed by atoms with E-state index in [0.717, 1.165) is 32.4 Å². The molecule has 0 saturated carbocycles. The second-order valence-electron chi connectivity index (χ2n) is 4.14.